The standard InChI is InChI=1S/C14H10Br2N4O/c1-20-13-9(6-8(15)7-10(13)16)12(14(20)21)19-18-11-4-2-3-5-17-11/h2-7,21H,1H3. The van der Waals surface area contributed by atoms with Gasteiger partial charge in [0.05, 0.1) is 5.52 Å². The zero-order valence-electron chi connectivity index (χ0n) is 11.0. The van der Waals surface area contributed by atoms with Crippen molar-refractivity contribution in [3.8, 4) is 5.88 Å². The number of pyridine rings is 1. The van der Waals surface area contributed by atoms with E-state index in [1.807, 2.05) is 24.3 Å². The lowest BCUT2D eigenvalue weighted by atomic mass is 10.2. The second kappa shape index (κ2) is 5.57. The number of hydrogen-bond donors (Lipinski definition) is 1. The smallest absolute Gasteiger partial charge is 0.220 e. The van der Waals surface area contributed by atoms with Gasteiger partial charge in [-0.15, -0.1) is 10.2 Å². The monoisotopic (exact) mass is 408 g/mol. The summed E-state index contributed by atoms with van der Waals surface area (Å²) in [6.45, 7) is 0. The molecule has 0 unspecified atom stereocenters. The Morgan fingerprint density at radius 1 is 1.19 bits per heavy atom. The van der Waals surface area contributed by atoms with Crippen LogP contribution in [-0.4, -0.2) is 14.7 Å². The van der Waals surface area contributed by atoms with Crippen molar-refractivity contribution < 1.29 is 5.11 Å². The summed E-state index contributed by atoms with van der Waals surface area (Å²) in [6, 6.07) is 9.20. The van der Waals surface area contributed by atoms with E-state index < -0.39 is 0 Å². The Kier molecular flexibility index (Phi) is 3.77. The number of nitrogens with zero attached hydrogens (tertiary/aromatic N) is 4. The Morgan fingerprint density at radius 2 is 2.00 bits per heavy atom. The van der Waals surface area contributed by atoms with Gasteiger partial charge in [-0.2, -0.15) is 0 Å². The van der Waals surface area contributed by atoms with Gasteiger partial charge in [0.15, 0.2) is 11.5 Å². The lowest BCUT2D eigenvalue weighted by Crippen LogP contribution is -1.86. The van der Waals surface area contributed by atoms with Crippen LogP contribution in [0.4, 0.5) is 11.5 Å². The fraction of sp³-hybridized carbons (Fsp3) is 0.0714. The fourth-order valence-electron chi connectivity index (χ4n) is 2.09. The van der Waals surface area contributed by atoms with Crippen LogP contribution in [0.1, 0.15) is 0 Å². The number of hydrogen-bond acceptors (Lipinski definition) is 4. The molecule has 7 heteroatoms. The van der Waals surface area contributed by atoms with Gasteiger partial charge >= 0.3 is 0 Å². The van der Waals surface area contributed by atoms with Crippen LogP contribution in [-0.2, 0) is 7.05 Å². The zero-order valence-corrected chi connectivity index (χ0v) is 14.1. The molecular weight excluding hydrogens is 400 g/mol. The van der Waals surface area contributed by atoms with Crippen molar-refractivity contribution in [3.05, 3.63) is 45.5 Å². The number of halogens is 2. The maximum absolute atomic E-state index is 10.3. The van der Waals surface area contributed by atoms with E-state index in [-0.39, 0.29) is 5.88 Å². The molecule has 3 rings (SSSR count). The van der Waals surface area contributed by atoms with Crippen LogP contribution < -0.4 is 0 Å². The number of benzene rings is 1. The molecule has 106 valence electrons. The first-order valence-electron chi connectivity index (χ1n) is 6.07. The molecule has 0 radical (unpaired) electrons. The molecule has 3 aromatic rings. The topological polar surface area (TPSA) is 62.8 Å². The van der Waals surface area contributed by atoms with Crippen LogP contribution in [0.15, 0.2) is 55.7 Å². The summed E-state index contributed by atoms with van der Waals surface area (Å²) in [5.41, 5.74) is 1.27. The van der Waals surface area contributed by atoms with Gasteiger partial charge in [-0.05, 0) is 40.2 Å². The van der Waals surface area contributed by atoms with Crippen molar-refractivity contribution >= 4 is 54.3 Å². The highest BCUT2D eigenvalue weighted by atomic mass is 79.9. The molecule has 21 heavy (non-hydrogen) atoms. The molecule has 2 heterocycles. The maximum atomic E-state index is 10.3. The van der Waals surface area contributed by atoms with Gasteiger partial charge in [0, 0.05) is 27.6 Å². The molecule has 0 aliphatic carbocycles. The molecule has 0 saturated heterocycles. The predicted molar refractivity (Wildman–Crippen MR) is 88.4 cm³/mol. The molecule has 0 spiro atoms. The molecule has 0 aliphatic rings. The van der Waals surface area contributed by atoms with Crippen molar-refractivity contribution in [2.75, 3.05) is 0 Å². The minimum atomic E-state index is 0.0588. The van der Waals surface area contributed by atoms with E-state index in [9.17, 15) is 5.11 Å². The van der Waals surface area contributed by atoms with Crippen molar-refractivity contribution in [2.45, 2.75) is 0 Å². The summed E-state index contributed by atoms with van der Waals surface area (Å²) in [7, 11) is 1.77. The third kappa shape index (κ3) is 2.58. The molecule has 2 aromatic heterocycles. The number of azo groups is 1. The lowest BCUT2D eigenvalue weighted by molar-refractivity contribution is 0.436. The molecule has 0 saturated carbocycles. The summed E-state index contributed by atoms with van der Waals surface area (Å²) in [5, 5.41) is 19.3. The second-order valence-electron chi connectivity index (χ2n) is 4.40. The Labute approximate surface area is 137 Å². The van der Waals surface area contributed by atoms with Gasteiger partial charge in [0.25, 0.3) is 0 Å². The van der Waals surface area contributed by atoms with E-state index in [0.717, 1.165) is 19.8 Å². The fourth-order valence-corrected chi connectivity index (χ4v) is 3.58. The first kappa shape index (κ1) is 14.2. The minimum absolute atomic E-state index is 0.0588. The predicted octanol–water partition coefficient (Wildman–Crippen LogP) is 5.22. The molecule has 5 nitrogen and oxygen atoms in total. The average molecular weight is 410 g/mol. The van der Waals surface area contributed by atoms with Crippen molar-refractivity contribution in [3.63, 3.8) is 0 Å². The molecule has 0 amide bonds. The van der Waals surface area contributed by atoms with Crippen LogP contribution in [0.2, 0.25) is 0 Å². The van der Waals surface area contributed by atoms with Crippen LogP contribution in [0.5, 0.6) is 5.88 Å². The van der Waals surface area contributed by atoms with E-state index in [1.54, 1.807) is 23.9 Å². The van der Waals surface area contributed by atoms with Crippen molar-refractivity contribution in [1.29, 1.82) is 0 Å². The van der Waals surface area contributed by atoms with E-state index in [1.165, 1.54) is 0 Å². The van der Waals surface area contributed by atoms with E-state index in [0.29, 0.717) is 11.5 Å². The molecule has 0 fully saturated rings. The van der Waals surface area contributed by atoms with Gasteiger partial charge in [0.1, 0.15) is 0 Å². The second-order valence-corrected chi connectivity index (χ2v) is 6.17. The quantitative estimate of drug-likeness (QED) is 0.589. The highest BCUT2D eigenvalue weighted by molar-refractivity contribution is 9.11. The van der Waals surface area contributed by atoms with Crippen LogP contribution in [0, 0.1) is 0 Å². The van der Waals surface area contributed by atoms with Crippen LogP contribution in [0.3, 0.4) is 0 Å². The first-order chi connectivity index (χ1) is 10.1. The summed E-state index contributed by atoms with van der Waals surface area (Å²) in [4.78, 5) is 4.08. The third-order valence-corrected chi connectivity index (χ3v) is 4.11. The van der Waals surface area contributed by atoms with Gasteiger partial charge in [-0.1, -0.05) is 22.0 Å². The van der Waals surface area contributed by atoms with Crippen LogP contribution >= 0.6 is 31.9 Å². The highest BCUT2D eigenvalue weighted by Gasteiger charge is 2.17. The maximum Gasteiger partial charge on any atom is 0.220 e. The number of fused-ring (bicyclic) bond motifs is 1. The van der Waals surface area contributed by atoms with Gasteiger partial charge in [-0.25, -0.2) is 4.98 Å². The SMILES string of the molecule is Cn1c(O)c(N=Nc2ccccn2)c2cc(Br)cc(Br)c21. The summed E-state index contributed by atoms with van der Waals surface area (Å²) < 4.78 is 3.42. The molecule has 1 aromatic carbocycles. The normalized spacial score (nSPS) is 11.6. The van der Waals surface area contributed by atoms with E-state index in [4.69, 9.17) is 0 Å². The van der Waals surface area contributed by atoms with Crippen LogP contribution in [0.25, 0.3) is 10.9 Å². The summed E-state index contributed by atoms with van der Waals surface area (Å²) in [6.07, 6.45) is 1.64. The van der Waals surface area contributed by atoms with E-state index in [2.05, 4.69) is 47.1 Å². The van der Waals surface area contributed by atoms with Crippen molar-refractivity contribution in [1.82, 2.24) is 9.55 Å². The molecule has 0 aliphatic heterocycles. The Hall–Kier alpha value is -1.73. The third-order valence-electron chi connectivity index (χ3n) is 3.05. The largest absolute Gasteiger partial charge is 0.493 e. The molecule has 1 N–H and O–H groups in total. The number of rotatable bonds is 2. The molecular formula is C14H10Br2N4O. The Balaban J connectivity index is 2.19. The summed E-state index contributed by atoms with van der Waals surface area (Å²) >= 11 is 6.94. The van der Waals surface area contributed by atoms with Gasteiger partial charge in [-0.3, -0.25) is 0 Å². The first-order valence-corrected chi connectivity index (χ1v) is 7.65. The van der Waals surface area contributed by atoms with E-state index >= 15 is 0 Å². The minimum Gasteiger partial charge on any atom is -0.493 e. The Morgan fingerprint density at radius 3 is 2.71 bits per heavy atom. The van der Waals surface area contributed by atoms with Gasteiger partial charge in [0.2, 0.25) is 5.88 Å². The number of aromatic nitrogens is 2. The zero-order chi connectivity index (χ0) is 15.0. The highest BCUT2D eigenvalue weighted by Crippen LogP contribution is 2.42. The average Bonchev–Trinajstić information content (AvgIpc) is 2.70. The number of aromatic hydroxyl groups is 1. The Bertz CT molecular complexity index is 843. The van der Waals surface area contributed by atoms with Crippen molar-refractivity contribution in [2.24, 2.45) is 17.3 Å². The number of aryl methyl sites for hydroxylation is 1. The summed E-state index contributed by atoms with van der Waals surface area (Å²) in [5.74, 6) is 0.548. The lowest BCUT2D eigenvalue weighted by Gasteiger charge is -2.00. The molecule has 0 atom stereocenters. The molecule has 0 bridgehead atoms. The van der Waals surface area contributed by atoms with Gasteiger partial charge < -0.3 is 9.67 Å².